The van der Waals surface area contributed by atoms with Crippen LogP contribution >= 0.6 is 11.6 Å². The van der Waals surface area contributed by atoms with Gasteiger partial charge in [0.05, 0.1) is 19.1 Å². The molecule has 11 heteroatoms. The van der Waals surface area contributed by atoms with Crippen molar-refractivity contribution in [2.24, 2.45) is 0 Å². The van der Waals surface area contributed by atoms with E-state index in [0.29, 0.717) is 16.5 Å². The summed E-state index contributed by atoms with van der Waals surface area (Å²) >= 11 is 5.80. The van der Waals surface area contributed by atoms with Crippen LogP contribution in [0.2, 0.25) is 5.02 Å². The molecule has 31 heavy (non-hydrogen) atoms. The van der Waals surface area contributed by atoms with Crippen LogP contribution in [0.1, 0.15) is 0 Å². The van der Waals surface area contributed by atoms with Crippen molar-refractivity contribution in [3.63, 3.8) is 0 Å². The number of methoxy groups -OCH3 is 2. The molecule has 0 aliphatic carbocycles. The molecule has 0 atom stereocenters. The summed E-state index contributed by atoms with van der Waals surface area (Å²) in [6.45, 7) is 0. The van der Waals surface area contributed by atoms with Gasteiger partial charge in [0.15, 0.2) is 0 Å². The number of hydrogen-bond donors (Lipinski definition) is 2. The van der Waals surface area contributed by atoms with Crippen LogP contribution in [0.3, 0.4) is 0 Å². The number of halogens is 1. The van der Waals surface area contributed by atoms with E-state index < -0.39 is 20.0 Å². The molecule has 0 aliphatic rings. The zero-order chi connectivity index (χ0) is 22.6. The number of hydrogen-bond acceptors (Lipinski definition) is 6. The highest BCUT2D eigenvalue weighted by atomic mass is 35.5. The van der Waals surface area contributed by atoms with E-state index in [-0.39, 0.29) is 21.2 Å². The minimum absolute atomic E-state index is 0.0376. The maximum atomic E-state index is 12.8. The predicted octanol–water partition coefficient (Wildman–Crippen LogP) is 3.96. The van der Waals surface area contributed by atoms with Crippen molar-refractivity contribution in [3.05, 3.63) is 71.8 Å². The van der Waals surface area contributed by atoms with E-state index in [1.807, 2.05) is 0 Å². The summed E-state index contributed by atoms with van der Waals surface area (Å²) in [4.78, 5) is -0.153. The summed E-state index contributed by atoms with van der Waals surface area (Å²) in [7, 11) is -5.11. The van der Waals surface area contributed by atoms with Gasteiger partial charge in [-0.3, -0.25) is 9.44 Å². The molecule has 0 bridgehead atoms. The van der Waals surface area contributed by atoms with Crippen molar-refractivity contribution >= 4 is 43.0 Å². The maximum Gasteiger partial charge on any atom is 0.265 e. The van der Waals surface area contributed by atoms with Gasteiger partial charge >= 0.3 is 0 Å². The average Bonchev–Trinajstić information content (AvgIpc) is 2.75. The van der Waals surface area contributed by atoms with Crippen LogP contribution in [0.5, 0.6) is 11.5 Å². The first kappa shape index (κ1) is 22.7. The third-order valence-electron chi connectivity index (χ3n) is 4.17. The third-order valence-corrected chi connectivity index (χ3v) is 7.23. The molecule has 0 spiro atoms. The Morgan fingerprint density at radius 3 is 1.81 bits per heavy atom. The van der Waals surface area contributed by atoms with Crippen molar-refractivity contribution in [2.45, 2.75) is 9.79 Å². The number of sulfonamides is 2. The molecule has 0 radical (unpaired) electrons. The molecule has 3 rings (SSSR count). The Kier molecular flexibility index (Phi) is 6.63. The lowest BCUT2D eigenvalue weighted by Gasteiger charge is -2.13. The molecule has 0 aliphatic heterocycles. The normalized spacial score (nSPS) is 11.6. The molecule has 3 aromatic carbocycles. The predicted molar refractivity (Wildman–Crippen MR) is 119 cm³/mol. The molecule has 0 saturated heterocycles. The minimum atomic E-state index is -4.02. The van der Waals surface area contributed by atoms with Gasteiger partial charge in [0.2, 0.25) is 0 Å². The molecule has 0 aromatic heterocycles. The van der Waals surface area contributed by atoms with Crippen molar-refractivity contribution in [1.82, 2.24) is 0 Å². The maximum absolute atomic E-state index is 12.8. The van der Waals surface area contributed by atoms with Gasteiger partial charge in [0, 0.05) is 22.5 Å². The summed E-state index contributed by atoms with van der Waals surface area (Å²) in [6.07, 6.45) is 0. The van der Waals surface area contributed by atoms with Crippen LogP contribution in [0.15, 0.2) is 76.5 Å². The Balaban J connectivity index is 1.82. The summed E-state index contributed by atoms with van der Waals surface area (Å²) < 4.78 is 65.7. The van der Waals surface area contributed by atoms with Crippen molar-refractivity contribution < 1.29 is 26.3 Å². The molecule has 0 heterocycles. The lowest BCUT2D eigenvalue weighted by atomic mass is 10.3. The first-order valence-corrected chi connectivity index (χ1v) is 12.1. The summed E-state index contributed by atoms with van der Waals surface area (Å²) in [6, 6.07) is 15.8. The number of anilines is 2. The van der Waals surface area contributed by atoms with Crippen molar-refractivity contribution in [1.29, 1.82) is 0 Å². The van der Waals surface area contributed by atoms with E-state index in [2.05, 4.69) is 9.44 Å². The SMILES string of the molecule is COc1ccc(OC)c(S(=O)(=O)Nc2ccc(S(=O)(=O)Nc3ccc(Cl)cc3)cc2)c1. The molecular formula is C20H19ClN2O6S2. The van der Waals surface area contributed by atoms with Gasteiger partial charge in [-0.05, 0) is 60.7 Å². The Morgan fingerprint density at radius 1 is 0.710 bits per heavy atom. The van der Waals surface area contributed by atoms with E-state index in [1.165, 1.54) is 62.8 Å². The fourth-order valence-corrected chi connectivity index (χ4v) is 5.07. The van der Waals surface area contributed by atoms with Crippen molar-refractivity contribution in [2.75, 3.05) is 23.7 Å². The zero-order valence-corrected chi connectivity index (χ0v) is 18.9. The molecule has 164 valence electrons. The van der Waals surface area contributed by atoms with Crippen LogP contribution in [0.4, 0.5) is 11.4 Å². The first-order chi connectivity index (χ1) is 14.6. The molecule has 8 nitrogen and oxygen atoms in total. The highest BCUT2D eigenvalue weighted by Crippen LogP contribution is 2.30. The number of rotatable bonds is 8. The molecule has 2 N–H and O–H groups in total. The van der Waals surface area contributed by atoms with Gasteiger partial charge in [-0.2, -0.15) is 0 Å². The van der Waals surface area contributed by atoms with Crippen LogP contribution in [0, 0.1) is 0 Å². The number of ether oxygens (including phenoxy) is 2. The van der Waals surface area contributed by atoms with Crippen LogP contribution in [-0.2, 0) is 20.0 Å². The summed E-state index contributed by atoms with van der Waals surface area (Å²) in [5.74, 6) is 0.482. The van der Waals surface area contributed by atoms with Crippen molar-refractivity contribution in [3.8, 4) is 11.5 Å². The van der Waals surface area contributed by atoms with Gasteiger partial charge in [-0.1, -0.05) is 11.6 Å². The first-order valence-electron chi connectivity index (χ1n) is 8.78. The van der Waals surface area contributed by atoms with E-state index in [4.69, 9.17) is 21.1 Å². The highest BCUT2D eigenvalue weighted by molar-refractivity contribution is 7.93. The second-order valence-corrected chi connectivity index (χ2v) is 10.0. The molecule has 0 unspecified atom stereocenters. The molecule has 0 fully saturated rings. The molecular weight excluding hydrogens is 464 g/mol. The summed E-state index contributed by atoms with van der Waals surface area (Å²) in [5.41, 5.74) is 0.523. The minimum Gasteiger partial charge on any atom is -0.497 e. The lowest BCUT2D eigenvalue weighted by Crippen LogP contribution is -2.15. The zero-order valence-electron chi connectivity index (χ0n) is 16.5. The summed E-state index contributed by atoms with van der Waals surface area (Å²) in [5, 5.41) is 0.479. The number of benzene rings is 3. The number of nitrogens with one attached hydrogen (secondary N) is 2. The van der Waals surface area contributed by atoms with Crippen LogP contribution in [-0.4, -0.2) is 31.1 Å². The molecule has 0 amide bonds. The van der Waals surface area contributed by atoms with E-state index in [0.717, 1.165) is 0 Å². The Morgan fingerprint density at radius 2 is 1.26 bits per heavy atom. The van der Waals surface area contributed by atoms with Gasteiger partial charge in [0.25, 0.3) is 20.0 Å². The van der Waals surface area contributed by atoms with Gasteiger partial charge in [-0.15, -0.1) is 0 Å². The second kappa shape index (κ2) is 9.04. The quantitative estimate of drug-likeness (QED) is 0.502. The van der Waals surface area contributed by atoms with Gasteiger partial charge in [0.1, 0.15) is 16.4 Å². The van der Waals surface area contributed by atoms with Gasteiger partial charge < -0.3 is 9.47 Å². The fourth-order valence-electron chi connectivity index (χ4n) is 2.64. The highest BCUT2D eigenvalue weighted by Gasteiger charge is 2.21. The van der Waals surface area contributed by atoms with E-state index >= 15 is 0 Å². The fraction of sp³-hybridized carbons (Fsp3) is 0.100. The Labute approximate surface area is 185 Å². The molecule has 0 saturated carbocycles. The topological polar surface area (TPSA) is 111 Å². The molecule has 3 aromatic rings. The van der Waals surface area contributed by atoms with E-state index in [1.54, 1.807) is 18.2 Å². The largest absolute Gasteiger partial charge is 0.497 e. The van der Waals surface area contributed by atoms with Gasteiger partial charge in [-0.25, -0.2) is 16.8 Å². The second-order valence-electron chi connectivity index (χ2n) is 6.26. The standard InChI is InChI=1S/C20H19ClN2O6S2/c1-28-17-9-12-19(29-2)20(13-17)31(26,27)23-16-7-10-18(11-8-16)30(24,25)22-15-5-3-14(21)4-6-15/h3-13,22-23H,1-2H3. The smallest absolute Gasteiger partial charge is 0.265 e. The van der Waals surface area contributed by atoms with Crippen LogP contribution in [0.25, 0.3) is 0 Å². The lowest BCUT2D eigenvalue weighted by molar-refractivity contribution is 0.392. The average molecular weight is 483 g/mol. The van der Waals surface area contributed by atoms with Crippen LogP contribution < -0.4 is 18.9 Å². The van der Waals surface area contributed by atoms with E-state index in [9.17, 15) is 16.8 Å². The monoisotopic (exact) mass is 482 g/mol. The Hall–Kier alpha value is -2.95. The third kappa shape index (κ3) is 5.40. The Bertz CT molecular complexity index is 1280.